The average molecular weight is 459 g/mol. The van der Waals surface area contributed by atoms with Gasteiger partial charge in [-0.2, -0.15) is 0 Å². The van der Waals surface area contributed by atoms with E-state index >= 15 is 0 Å². The van der Waals surface area contributed by atoms with E-state index in [-0.39, 0.29) is 0 Å². The average Bonchev–Trinajstić information content (AvgIpc) is 3.23. The number of benzene rings is 5. The number of hydrogen-bond donors (Lipinski definition) is 0. The van der Waals surface area contributed by atoms with Gasteiger partial charge in [0.25, 0.3) is 0 Å². The highest BCUT2D eigenvalue weighted by molar-refractivity contribution is 5.97. The molecule has 0 bridgehead atoms. The topological polar surface area (TPSA) is 16.1 Å². The monoisotopic (exact) mass is 458 g/mol. The van der Waals surface area contributed by atoms with Gasteiger partial charge >= 0.3 is 0 Å². The molecule has 0 saturated heterocycles. The standard InChI is InChI=1S/C34H22N2/c1-2-13-24(14-3-1)36-31-20-10-7-17-27(31)34(28-18-8-11-21-32(28)36)26-16-6-5-15-25(26)33-29(34)22-23-12-4-9-19-30(23)35-33/h1-22H. The molecule has 0 radical (unpaired) electrons. The second-order valence-corrected chi connectivity index (χ2v) is 9.58. The lowest BCUT2D eigenvalue weighted by Gasteiger charge is -2.44. The number of para-hydroxylation sites is 4. The minimum Gasteiger partial charge on any atom is -0.310 e. The first kappa shape index (κ1) is 19.6. The first-order valence-electron chi connectivity index (χ1n) is 12.4. The largest absolute Gasteiger partial charge is 0.310 e. The van der Waals surface area contributed by atoms with Crippen LogP contribution in [0.15, 0.2) is 133 Å². The first-order valence-corrected chi connectivity index (χ1v) is 12.4. The fraction of sp³-hybridized carbons (Fsp3) is 0.0294. The highest BCUT2D eigenvalue weighted by atomic mass is 15.2. The summed E-state index contributed by atoms with van der Waals surface area (Å²) < 4.78 is 0. The summed E-state index contributed by atoms with van der Waals surface area (Å²) in [6.07, 6.45) is 0. The Morgan fingerprint density at radius 1 is 0.500 bits per heavy atom. The van der Waals surface area contributed by atoms with Crippen LogP contribution >= 0.6 is 0 Å². The lowest BCUT2D eigenvalue weighted by atomic mass is 9.64. The molecule has 36 heavy (non-hydrogen) atoms. The molecule has 0 N–H and O–H groups in total. The third-order valence-corrected chi connectivity index (χ3v) is 7.83. The van der Waals surface area contributed by atoms with Crippen LogP contribution in [0.5, 0.6) is 0 Å². The van der Waals surface area contributed by atoms with Gasteiger partial charge in [-0.3, -0.25) is 0 Å². The summed E-state index contributed by atoms with van der Waals surface area (Å²) in [6, 6.07) is 48.1. The van der Waals surface area contributed by atoms with Crippen LogP contribution in [0.4, 0.5) is 17.1 Å². The summed E-state index contributed by atoms with van der Waals surface area (Å²) in [5, 5.41) is 1.17. The van der Waals surface area contributed by atoms with Crippen molar-refractivity contribution < 1.29 is 0 Å². The molecule has 6 aromatic rings. The zero-order valence-corrected chi connectivity index (χ0v) is 19.6. The van der Waals surface area contributed by atoms with Crippen molar-refractivity contribution in [3.63, 3.8) is 0 Å². The predicted molar refractivity (Wildman–Crippen MR) is 147 cm³/mol. The molecule has 0 unspecified atom stereocenters. The van der Waals surface area contributed by atoms with Crippen molar-refractivity contribution in [3.8, 4) is 11.3 Å². The highest BCUT2D eigenvalue weighted by Crippen LogP contribution is 2.63. The molecule has 0 saturated carbocycles. The van der Waals surface area contributed by atoms with Crippen LogP contribution in [-0.4, -0.2) is 4.98 Å². The van der Waals surface area contributed by atoms with E-state index < -0.39 is 5.41 Å². The Morgan fingerprint density at radius 3 is 1.83 bits per heavy atom. The van der Waals surface area contributed by atoms with E-state index in [4.69, 9.17) is 4.98 Å². The van der Waals surface area contributed by atoms with Gasteiger partial charge in [0.2, 0.25) is 0 Å². The highest BCUT2D eigenvalue weighted by Gasteiger charge is 2.52. The molecule has 5 aromatic carbocycles. The van der Waals surface area contributed by atoms with E-state index in [0.717, 1.165) is 16.9 Å². The third kappa shape index (κ3) is 2.38. The molecule has 1 aliphatic carbocycles. The number of hydrogen-bond acceptors (Lipinski definition) is 2. The number of anilines is 3. The maximum absolute atomic E-state index is 5.26. The summed E-state index contributed by atoms with van der Waals surface area (Å²) in [5.74, 6) is 0. The lowest BCUT2D eigenvalue weighted by Crippen LogP contribution is -2.36. The predicted octanol–water partition coefficient (Wildman–Crippen LogP) is 8.38. The quantitative estimate of drug-likeness (QED) is 0.246. The summed E-state index contributed by atoms with van der Waals surface area (Å²) in [6.45, 7) is 0. The summed E-state index contributed by atoms with van der Waals surface area (Å²) in [5.41, 5.74) is 11.6. The number of fused-ring (bicyclic) bond motifs is 10. The van der Waals surface area contributed by atoms with E-state index in [1.165, 1.54) is 44.6 Å². The van der Waals surface area contributed by atoms with Crippen LogP contribution in [0.3, 0.4) is 0 Å². The van der Waals surface area contributed by atoms with E-state index in [0.29, 0.717) is 0 Å². The van der Waals surface area contributed by atoms with Gasteiger partial charge in [0.05, 0.1) is 28.0 Å². The van der Waals surface area contributed by atoms with Crippen molar-refractivity contribution in [1.82, 2.24) is 4.98 Å². The van der Waals surface area contributed by atoms with Crippen LogP contribution in [0, 0.1) is 0 Å². The molecular weight excluding hydrogens is 436 g/mol. The Kier molecular flexibility index (Phi) is 3.90. The van der Waals surface area contributed by atoms with Gasteiger partial charge in [-0.1, -0.05) is 97.1 Å². The smallest absolute Gasteiger partial charge is 0.0770 e. The molecule has 8 rings (SSSR count). The Bertz CT molecular complexity index is 1750. The minimum absolute atomic E-state index is 0.443. The van der Waals surface area contributed by atoms with Crippen molar-refractivity contribution in [3.05, 3.63) is 156 Å². The van der Waals surface area contributed by atoms with Crippen LogP contribution in [-0.2, 0) is 5.41 Å². The number of aromatic nitrogens is 1. The van der Waals surface area contributed by atoms with Crippen molar-refractivity contribution in [2.75, 3.05) is 4.90 Å². The number of pyridine rings is 1. The van der Waals surface area contributed by atoms with Crippen LogP contribution in [0.2, 0.25) is 0 Å². The van der Waals surface area contributed by atoms with Crippen LogP contribution in [0.25, 0.3) is 22.2 Å². The van der Waals surface area contributed by atoms with E-state index in [1.54, 1.807) is 0 Å². The summed E-state index contributed by atoms with van der Waals surface area (Å²) >= 11 is 0. The van der Waals surface area contributed by atoms with Gasteiger partial charge in [0.15, 0.2) is 0 Å². The zero-order chi connectivity index (χ0) is 23.7. The third-order valence-electron chi connectivity index (χ3n) is 7.83. The van der Waals surface area contributed by atoms with Crippen LogP contribution in [0.1, 0.15) is 22.3 Å². The van der Waals surface area contributed by atoms with Crippen molar-refractivity contribution in [2.24, 2.45) is 0 Å². The van der Waals surface area contributed by atoms with Gasteiger partial charge in [-0.05, 0) is 58.7 Å². The molecule has 0 atom stereocenters. The molecule has 2 aliphatic rings. The van der Waals surface area contributed by atoms with E-state index in [1.807, 2.05) is 0 Å². The van der Waals surface area contributed by atoms with Crippen molar-refractivity contribution >= 4 is 28.0 Å². The van der Waals surface area contributed by atoms with Gasteiger partial charge in [-0.25, -0.2) is 4.98 Å². The molecule has 2 heteroatoms. The molecule has 168 valence electrons. The molecule has 0 fully saturated rings. The fourth-order valence-electron chi connectivity index (χ4n) is 6.45. The maximum atomic E-state index is 5.26. The zero-order valence-electron chi connectivity index (χ0n) is 19.6. The Hall–Kier alpha value is -4.69. The molecule has 0 amide bonds. The fourth-order valence-corrected chi connectivity index (χ4v) is 6.45. The second kappa shape index (κ2) is 7.16. The SMILES string of the molecule is c1ccc(N2c3ccccc3C3(c4ccccc4-c4nc5ccccc5cc43)c3ccccc32)cc1. The Morgan fingerprint density at radius 2 is 1.08 bits per heavy atom. The second-order valence-electron chi connectivity index (χ2n) is 9.58. The Balaban J connectivity index is 1.57. The minimum atomic E-state index is -0.443. The lowest BCUT2D eigenvalue weighted by molar-refractivity contribution is 0.752. The van der Waals surface area contributed by atoms with Crippen molar-refractivity contribution in [2.45, 2.75) is 5.41 Å². The number of nitrogens with zero attached hydrogens (tertiary/aromatic N) is 2. The normalized spacial score (nSPS) is 14.3. The maximum Gasteiger partial charge on any atom is 0.0770 e. The van der Waals surface area contributed by atoms with Gasteiger partial charge in [0, 0.05) is 16.6 Å². The summed E-state index contributed by atoms with van der Waals surface area (Å²) in [7, 11) is 0. The van der Waals surface area contributed by atoms with E-state index in [2.05, 4.69) is 138 Å². The number of rotatable bonds is 1. The van der Waals surface area contributed by atoms with Gasteiger partial charge in [-0.15, -0.1) is 0 Å². The van der Waals surface area contributed by atoms with Gasteiger partial charge in [0.1, 0.15) is 0 Å². The van der Waals surface area contributed by atoms with E-state index in [9.17, 15) is 0 Å². The molecule has 1 spiro atoms. The molecular formula is C34H22N2. The van der Waals surface area contributed by atoms with Crippen LogP contribution < -0.4 is 4.90 Å². The molecule has 2 heterocycles. The first-order chi connectivity index (χ1) is 17.9. The summed E-state index contributed by atoms with van der Waals surface area (Å²) in [4.78, 5) is 7.66. The molecule has 1 aromatic heterocycles. The van der Waals surface area contributed by atoms with Crippen molar-refractivity contribution in [1.29, 1.82) is 0 Å². The molecule has 2 nitrogen and oxygen atoms in total. The molecule has 1 aliphatic heterocycles. The Labute approximate surface area is 210 Å². The van der Waals surface area contributed by atoms with Gasteiger partial charge < -0.3 is 4.90 Å².